The predicted molar refractivity (Wildman–Crippen MR) is 60.5 cm³/mol. The standard InChI is InChI=1S/C11H11N5O/c1-17-11-4-8(5-12)2-3-10(11)16-9(6-13)7-14-15-16/h2-4,7H,6,13H2,1H3. The molecule has 0 fully saturated rings. The Morgan fingerprint density at radius 2 is 2.35 bits per heavy atom. The molecule has 0 spiro atoms. The first kappa shape index (κ1) is 11.1. The zero-order chi connectivity index (χ0) is 12.3. The molecule has 0 aliphatic rings. The summed E-state index contributed by atoms with van der Waals surface area (Å²) < 4.78 is 6.83. The summed E-state index contributed by atoms with van der Waals surface area (Å²) >= 11 is 0. The Kier molecular flexibility index (Phi) is 3.03. The van der Waals surface area contributed by atoms with Gasteiger partial charge in [0, 0.05) is 12.6 Å². The number of ether oxygens (including phenoxy) is 1. The maximum absolute atomic E-state index is 8.82. The van der Waals surface area contributed by atoms with E-state index in [2.05, 4.69) is 16.4 Å². The van der Waals surface area contributed by atoms with Gasteiger partial charge in [0.15, 0.2) is 0 Å². The van der Waals surface area contributed by atoms with E-state index in [9.17, 15) is 0 Å². The van der Waals surface area contributed by atoms with Crippen LogP contribution in [0.1, 0.15) is 11.3 Å². The van der Waals surface area contributed by atoms with Crippen LogP contribution in [0.5, 0.6) is 5.75 Å². The lowest BCUT2D eigenvalue weighted by Crippen LogP contribution is -2.08. The maximum Gasteiger partial charge on any atom is 0.145 e. The second-order valence-corrected chi connectivity index (χ2v) is 3.34. The highest BCUT2D eigenvalue weighted by atomic mass is 16.5. The normalized spacial score (nSPS) is 9.94. The van der Waals surface area contributed by atoms with E-state index >= 15 is 0 Å². The minimum absolute atomic E-state index is 0.330. The molecule has 0 atom stereocenters. The second-order valence-electron chi connectivity index (χ2n) is 3.34. The molecule has 1 aromatic carbocycles. The van der Waals surface area contributed by atoms with Crippen molar-refractivity contribution in [1.29, 1.82) is 5.26 Å². The second kappa shape index (κ2) is 4.63. The highest BCUT2D eigenvalue weighted by Gasteiger charge is 2.10. The summed E-state index contributed by atoms with van der Waals surface area (Å²) in [5, 5.41) is 16.6. The minimum atomic E-state index is 0.330. The number of methoxy groups -OCH3 is 1. The largest absolute Gasteiger partial charge is 0.494 e. The molecule has 6 heteroatoms. The molecule has 0 saturated carbocycles. The number of rotatable bonds is 3. The molecule has 1 aromatic heterocycles. The highest BCUT2D eigenvalue weighted by molar-refractivity contribution is 5.51. The number of hydrogen-bond donors (Lipinski definition) is 1. The highest BCUT2D eigenvalue weighted by Crippen LogP contribution is 2.24. The van der Waals surface area contributed by atoms with E-state index in [4.69, 9.17) is 15.7 Å². The Balaban J connectivity index is 2.56. The number of nitrogens with two attached hydrogens (primary N) is 1. The molecule has 0 bridgehead atoms. The predicted octanol–water partition coefficient (Wildman–Crippen LogP) is 0.606. The Labute approximate surface area is 98.2 Å². The number of nitrogens with zero attached hydrogens (tertiary/aromatic N) is 4. The van der Waals surface area contributed by atoms with E-state index in [0.29, 0.717) is 23.5 Å². The Bertz CT molecular complexity index is 569. The lowest BCUT2D eigenvalue weighted by molar-refractivity contribution is 0.411. The van der Waals surface area contributed by atoms with Crippen LogP contribution in [0.3, 0.4) is 0 Å². The van der Waals surface area contributed by atoms with Crippen molar-refractivity contribution >= 4 is 0 Å². The fourth-order valence-corrected chi connectivity index (χ4v) is 1.52. The molecule has 0 radical (unpaired) electrons. The van der Waals surface area contributed by atoms with Gasteiger partial charge in [-0.25, -0.2) is 4.68 Å². The molecule has 6 nitrogen and oxygen atoms in total. The fraction of sp³-hybridized carbons (Fsp3) is 0.182. The smallest absolute Gasteiger partial charge is 0.145 e. The van der Waals surface area contributed by atoms with Crippen molar-refractivity contribution in [2.24, 2.45) is 5.73 Å². The van der Waals surface area contributed by atoms with Crippen molar-refractivity contribution in [2.45, 2.75) is 6.54 Å². The van der Waals surface area contributed by atoms with E-state index in [-0.39, 0.29) is 0 Å². The molecule has 0 unspecified atom stereocenters. The number of hydrogen-bond acceptors (Lipinski definition) is 5. The Hall–Kier alpha value is -2.39. The van der Waals surface area contributed by atoms with Gasteiger partial charge in [0.05, 0.1) is 30.6 Å². The summed E-state index contributed by atoms with van der Waals surface area (Å²) in [6.07, 6.45) is 1.59. The fourth-order valence-electron chi connectivity index (χ4n) is 1.52. The summed E-state index contributed by atoms with van der Waals surface area (Å²) in [4.78, 5) is 0. The van der Waals surface area contributed by atoms with Gasteiger partial charge >= 0.3 is 0 Å². The maximum atomic E-state index is 8.82. The quantitative estimate of drug-likeness (QED) is 0.832. The van der Waals surface area contributed by atoms with Crippen molar-refractivity contribution in [1.82, 2.24) is 15.0 Å². The van der Waals surface area contributed by atoms with E-state index in [0.717, 1.165) is 5.69 Å². The summed E-state index contributed by atoms with van der Waals surface area (Å²) in [5.41, 5.74) is 7.60. The molecule has 17 heavy (non-hydrogen) atoms. The van der Waals surface area contributed by atoms with Gasteiger partial charge in [0.25, 0.3) is 0 Å². The third kappa shape index (κ3) is 1.96. The molecule has 2 N–H and O–H groups in total. The number of aromatic nitrogens is 3. The molecular weight excluding hydrogens is 218 g/mol. The molecule has 0 saturated heterocycles. The topological polar surface area (TPSA) is 89.8 Å². The van der Waals surface area contributed by atoms with Gasteiger partial charge in [0.1, 0.15) is 11.4 Å². The Morgan fingerprint density at radius 3 is 3.00 bits per heavy atom. The van der Waals surface area contributed by atoms with Gasteiger partial charge < -0.3 is 10.5 Å². The summed E-state index contributed by atoms with van der Waals surface area (Å²) in [6, 6.07) is 7.15. The molecular formula is C11H11N5O. The van der Waals surface area contributed by atoms with Gasteiger partial charge in [-0.1, -0.05) is 5.21 Å². The van der Waals surface area contributed by atoms with Gasteiger partial charge in [-0.05, 0) is 12.1 Å². The molecule has 0 aliphatic heterocycles. The van der Waals surface area contributed by atoms with Gasteiger partial charge in [0.2, 0.25) is 0 Å². The van der Waals surface area contributed by atoms with Crippen LogP contribution in [0.4, 0.5) is 0 Å². The molecule has 1 heterocycles. The lowest BCUT2D eigenvalue weighted by atomic mass is 10.2. The first-order chi connectivity index (χ1) is 8.30. The van der Waals surface area contributed by atoms with Crippen molar-refractivity contribution in [3.63, 3.8) is 0 Å². The number of nitriles is 1. The van der Waals surface area contributed by atoms with Crippen molar-refractivity contribution < 1.29 is 4.74 Å². The van der Waals surface area contributed by atoms with Crippen LogP contribution >= 0.6 is 0 Å². The van der Waals surface area contributed by atoms with Crippen molar-refractivity contribution in [3.05, 3.63) is 35.7 Å². The van der Waals surface area contributed by atoms with Crippen LogP contribution < -0.4 is 10.5 Å². The summed E-state index contributed by atoms with van der Waals surface area (Å²) in [5.74, 6) is 0.559. The average Bonchev–Trinajstić information content (AvgIpc) is 2.85. The lowest BCUT2D eigenvalue weighted by Gasteiger charge is -2.09. The molecule has 0 amide bonds. The van der Waals surface area contributed by atoms with Crippen LogP contribution in [0, 0.1) is 11.3 Å². The van der Waals surface area contributed by atoms with Crippen LogP contribution in [-0.2, 0) is 6.54 Å². The minimum Gasteiger partial charge on any atom is -0.494 e. The van der Waals surface area contributed by atoms with Gasteiger partial charge in [-0.3, -0.25) is 0 Å². The number of benzene rings is 1. The van der Waals surface area contributed by atoms with E-state index in [1.54, 1.807) is 36.2 Å². The summed E-state index contributed by atoms with van der Waals surface area (Å²) in [6.45, 7) is 0.330. The van der Waals surface area contributed by atoms with Crippen LogP contribution in [-0.4, -0.2) is 22.1 Å². The molecule has 0 aliphatic carbocycles. The van der Waals surface area contributed by atoms with Crippen molar-refractivity contribution in [2.75, 3.05) is 7.11 Å². The molecule has 2 aromatic rings. The van der Waals surface area contributed by atoms with Crippen molar-refractivity contribution in [3.8, 4) is 17.5 Å². The average molecular weight is 229 g/mol. The SMILES string of the molecule is COc1cc(C#N)ccc1-n1nncc1CN. The molecule has 2 rings (SSSR count). The third-order valence-corrected chi connectivity index (χ3v) is 2.37. The Morgan fingerprint density at radius 1 is 1.53 bits per heavy atom. The van der Waals surface area contributed by atoms with Crippen LogP contribution in [0.15, 0.2) is 24.4 Å². The first-order valence-electron chi connectivity index (χ1n) is 4.98. The zero-order valence-corrected chi connectivity index (χ0v) is 9.29. The van der Waals surface area contributed by atoms with E-state index in [1.165, 1.54) is 0 Å². The first-order valence-corrected chi connectivity index (χ1v) is 4.98. The van der Waals surface area contributed by atoms with Crippen LogP contribution in [0.25, 0.3) is 5.69 Å². The van der Waals surface area contributed by atoms with Crippen LogP contribution in [0.2, 0.25) is 0 Å². The van der Waals surface area contributed by atoms with E-state index < -0.39 is 0 Å². The van der Waals surface area contributed by atoms with Gasteiger partial charge in [-0.15, -0.1) is 5.10 Å². The third-order valence-electron chi connectivity index (χ3n) is 2.37. The molecule has 86 valence electrons. The van der Waals surface area contributed by atoms with E-state index in [1.807, 2.05) is 0 Å². The zero-order valence-electron chi connectivity index (χ0n) is 9.29. The van der Waals surface area contributed by atoms with Gasteiger partial charge in [-0.2, -0.15) is 5.26 Å². The monoisotopic (exact) mass is 229 g/mol. The summed E-state index contributed by atoms with van der Waals surface area (Å²) in [7, 11) is 1.54.